The van der Waals surface area contributed by atoms with Crippen molar-refractivity contribution >= 4 is 42.2 Å². The Balaban J connectivity index is 2.20. The molecule has 0 bridgehead atoms. The molecular weight excluding hydrogens is 893 g/mol. The second-order valence-electron chi connectivity index (χ2n) is 25.8. The highest BCUT2D eigenvalue weighted by atomic mass is 32.1. The highest BCUT2D eigenvalue weighted by Gasteiger charge is 2.60. The van der Waals surface area contributed by atoms with E-state index < -0.39 is 27.6 Å². The van der Waals surface area contributed by atoms with Crippen LogP contribution in [0.5, 0.6) is 0 Å². The smallest absolute Gasteiger partial charge is 0.312 e. The summed E-state index contributed by atoms with van der Waals surface area (Å²) < 4.78 is 6.27. The Morgan fingerprint density at radius 2 is 1.34 bits per heavy atom. The third kappa shape index (κ3) is 18.4. The quantitative estimate of drug-likeness (QED) is 0.0265. The zero-order valence-electron chi connectivity index (χ0n) is 47.4. The molecule has 2 fully saturated rings. The molecule has 9 nitrogen and oxygen atoms in total. The molecule has 2 amide bonds. The number of carbonyl (C=O) groups excluding carboxylic acids is 4. The molecule has 2 N–H and O–H groups in total. The maximum Gasteiger partial charge on any atom is 0.312 e. The Hall–Kier alpha value is -2.62. The number of carbonyl (C=O) groups is 5. The van der Waals surface area contributed by atoms with Gasteiger partial charge in [0.1, 0.15) is 5.78 Å². The minimum absolute atomic E-state index is 0.0343. The molecule has 0 spiro atoms. The lowest BCUT2D eigenvalue weighted by atomic mass is 9.46. The van der Waals surface area contributed by atoms with Crippen molar-refractivity contribution in [3.63, 3.8) is 0 Å². The zero-order valence-corrected chi connectivity index (χ0v) is 48.3. The van der Waals surface area contributed by atoms with Gasteiger partial charge in [0.2, 0.25) is 11.8 Å². The number of carboxylic acids is 1. The molecule has 2 aliphatic carbocycles. The number of hydrogen-bond donors (Lipinski definition) is 3. The Labute approximate surface area is 434 Å². The maximum absolute atomic E-state index is 14.9. The van der Waals surface area contributed by atoms with Gasteiger partial charge in [-0.3, -0.25) is 24.0 Å². The van der Waals surface area contributed by atoms with E-state index in [1.54, 1.807) is 0 Å². The van der Waals surface area contributed by atoms with E-state index in [9.17, 15) is 24.0 Å². The van der Waals surface area contributed by atoms with Crippen LogP contribution >= 0.6 is 12.6 Å². The first-order valence-corrected chi connectivity index (χ1v) is 28.4. The van der Waals surface area contributed by atoms with E-state index in [1.807, 2.05) is 13.0 Å². The fraction of sp³-hybridized carbons (Fsp3) is 0.850. The zero-order chi connectivity index (χ0) is 53.3. The van der Waals surface area contributed by atoms with Crippen molar-refractivity contribution in [3.8, 4) is 0 Å². The fourth-order valence-corrected chi connectivity index (χ4v) is 12.1. The van der Waals surface area contributed by atoms with Gasteiger partial charge in [0.15, 0.2) is 0 Å². The Morgan fingerprint density at radius 1 is 0.757 bits per heavy atom. The lowest BCUT2D eigenvalue weighted by Crippen LogP contribution is -2.56. The number of rotatable bonds is 32. The molecule has 0 aromatic carbocycles. The van der Waals surface area contributed by atoms with Crippen LogP contribution in [0.1, 0.15) is 245 Å². The summed E-state index contributed by atoms with van der Waals surface area (Å²) in [5, 5.41) is 12.0. The van der Waals surface area contributed by atoms with Crippen LogP contribution < -0.4 is 5.32 Å². The second kappa shape index (κ2) is 28.2. The normalized spacial score (nSPS) is 21.9. The molecule has 0 radical (unpaired) electrons. The van der Waals surface area contributed by atoms with Crippen LogP contribution in [0.25, 0.3) is 0 Å². The van der Waals surface area contributed by atoms with E-state index in [2.05, 4.69) is 126 Å². The van der Waals surface area contributed by atoms with Gasteiger partial charge in [0.25, 0.3) is 0 Å². The standard InChI is InChI=1S/C60H106N2O7S/c1-17-19-25-44(4)56(9,10)41-60(16,54(68)69-39-23-24-43(3)45(5)70)58(13,14)57(11,12)42-59(15,55(6,7)8)50(63)26-21-22-38-62(52(65)27-20-18-2)49-34-30-47(31-35-49)40-46-28-32-48(33-29-46)61-51(64)36-37-53(66)67/h18,44-49,70H,2-3,17,19-42H2,1,4-16H3,(H,61,64)(H,66,67). The van der Waals surface area contributed by atoms with Crippen molar-refractivity contribution in [2.75, 3.05) is 13.2 Å². The van der Waals surface area contributed by atoms with E-state index in [-0.39, 0.29) is 64.6 Å². The summed E-state index contributed by atoms with van der Waals surface area (Å²) in [5.74, 6) is 0.849. The van der Waals surface area contributed by atoms with Gasteiger partial charge in [0, 0.05) is 48.6 Å². The van der Waals surface area contributed by atoms with Crippen LogP contribution in [0.2, 0.25) is 0 Å². The third-order valence-corrected chi connectivity index (χ3v) is 19.2. The minimum Gasteiger partial charge on any atom is -0.481 e. The molecule has 0 saturated heterocycles. The van der Waals surface area contributed by atoms with Crippen LogP contribution in [0.4, 0.5) is 0 Å². The van der Waals surface area contributed by atoms with Gasteiger partial charge in [-0.05, 0) is 156 Å². The summed E-state index contributed by atoms with van der Waals surface area (Å²) in [6, 6.07) is 0.348. The number of allylic oxidation sites excluding steroid dienone is 1. The van der Waals surface area contributed by atoms with Gasteiger partial charge in [0.05, 0.1) is 18.4 Å². The molecule has 4 atom stereocenters. The number of hydrogen-bond acceptors (Lipinski definition) is 7. The first-order chi connectivity index (χ1) is 32.4. The van der Waals surface area contributed by atoms with Crippen molar-refractivity contribution < 1.29 is 33.8 Å². The predicted octanol–water partition coefficient (Wildman–Crippen LogP) is 15.0. The number of carboxylic acid groups (broad SMARTS) is 1. The highest BCUT2D eigenvalue weighted by molar-refractivity contribution is 7.81. The topological polar surface area (TPSA) is 130 Å². The number of aliphatic carboxylic acids is 1. The van der Waals surface area contributed by atoms with Crippen molar-refractivity contribution in [2.45, 2.75) is 262 Å². The number of Topliss-reactive ketones (excluding diaryl/α,β-unsaturated/α-hetero) is 1. The van der Waals surface area contributed by atoms with Gasteiger partial charge in [-0.2, -0.15) is 12.6 Å². The van der Waals surface area contributed by atoms with E-state index in [1.165, 1.54) is 6.42 Å². The molecule has 4 unspecified atom stereocenters. The molecular formula is C60H106N2O7S. The average molecular weight is 1000 g/mol. The lowest BCUT2D eigenvalue weighted by molar-refractivity contribution is -0.179. The average Bonchev–Trinajstić information content (AvgIpc) is 3.27. The lowest BCUT2D eigenvalue weighted by Gasteiger charge is -2.57. The van der Waals surface area contributed by atoms with Crippen LogP contribution in [0, 0.1) is 50.2 Å². The number of ketones is 1. The molecule has 2 rings (SSSR count). The molecule has 10 heteroatoms. The molecule has 70 heavy (non-hydrogen) atoms. The summed E-state index contributed by atoms with van der Waals surface area (Å²) >= 11 is 4.55. The van der Waals surface area contributed by atoms with E-state index in [4.69, 9.17) is 9.84 Å². The van der Waals surface area contributed by atoms with Gasteiger partial charge in [-0.25, -0.2) is 0 Å². The van der Waals surface area contributed by atoms with E-state index in [0.717, 1.165) is 89.0 Å². The minimum atomic E-state index is -0.946. The SMILES string of the molecule is C=CCCC(=O)N(CCCCC(=O)C(C)(CC(C)(C)C(C)(C)C(C)(CC(C)(C)C(C)CCCC)C(=O)OCCCC(=C)C(C)S)C(C)(C)C)C1CCC(CC2CCC(NC(=O)CCC(=O)O)CC2)CC1. The van der Waals surface area contributed by atoms with Gasteiger partial charge in [-0.15, -0.1) is 6.58 Å². The first kappa shape index (κ1) is 63.5. The number of unbranched alkanes of at least 4 members (excludes halogenated alkanes) is 2. The van der Waals surface area contributed by atoms with Gasteiger partial charge >= 0.3 is 11.9 Å². The van der Waals surface area contributed by atoms with Crippen molar-refractivity contribution in [2.24, 2.45) is 50.2 Å². The predicted molar refractivity (Wildman–Crippen MR) is 294 cm³/mol. The Kier molecular flexibility index (Phi) is 25.5. The Bertz CT molecular complexity index is 1700. The van der Waals surface area contributed by atoms with Crippen LogP contribution in [0.15, 0.2) is 24.8 Å². The van der Waals surface area contributed by atoms with Gasteiger partial charge < -0.3 is 20.1 Å². The molecule has 2 aliphatic rings. The van der Waals surface area contributed by atoms with Crippen LogP contribution in [-0.2, 0) is 28.7 Å². The maximum atomic E-state index is 14.9. The molecule has 2 saturated carbocycles. The fourth-order valence-electron chi connectivity index (χ4n) is 12.0. The summed E-state index contributed by atoms with van der Waals surface area (Å²) in [5.41, 5.74) is -1.98. The third-order valence-electron chi connectivity index (χ3n) is 18.8. The van der Waals surface area contributed by atoms with Crippen LogP contribution in [0.3, 0.4) is 0 Å². The van der Waals surface area contributed by atoms with Crippen molar-refractivity contribution in [3.05, 3.63) is 24.8 Å². The first-order valence-electron chi connectivity index (χ1n) is 27.9. The molecule has 0 heterocycles. The number of ether oxygens (including phenoxy) is 1. The Morgan fingerprint density at radius 3 is 1.87 bits per heavy atom. The molecule has 0 aliphatic heterocycles. The summed E-state index contributed by atoms with van der Waals surface area (Å²) in [6.07, 6.45) is 20.3. The highest BCUT2D eigenvalue weighted by Crippen LogP contribution is 2.62. The number of thiol groups is 1. The summed E-state index contributed by atoms with van der Waals surface area (Å²) in [7, 11) is 0. The molecule has 0 aromatic rings. The second-order valence-corrected chi connectivity index (χ2v) is 26.5. The molecule has 0 aromatic heterocycles. The van der Waals surface area contributed by atoms with Crippen molar-refractivity contribution in [1.29, 1.82) is 0 Å². The number of nitrogens with zero attached hydrogens (tertiary/aromatic N) is 1. The number of amides is 2. The van der Waals surface area contributed by atoms with Crippen LogP contribution in [-0.4, -0.2) is 70.0 Å². The summed E-state index contributed by atoms with van der Waals surface area (Å²) in [4.78, 5) is 68.7. The van der Waals surface area contributed by atoms with E-state index in [0.29, 0.717) is 75.9 Å². The number of nitrogens with one attached hydrogen (secondary N) is 1. The van der Waals surface area contributed by atoms with E-state index >= 15 is 0 Å². The largest absolute Gasteiger partial charge is 0.481 e. The van der Waals surface area contributed by atoms with Gasteiger partial charge in [-0.1, -0.05) is 121 Å². The monoisotopic (exact) mass is 999 g/mol. The molecule has 404 valence electrons. The summed E-state index contributed by atoms with van der Waals surface area (Å²) in [6.45, 7) is 40.1. The van der Waals surface area contributed by atoms with Crippen molar-refractivity contribution in [1.82, 2.24) is 10.2 Å². The number of esters is 1.